The molecule has 0 bridgehead atoms. The summed E-state index contributed by atoms with van der Waals surface area (Å²) >= 11 is 0. The van der Waals surface area contributed by atoms with E-state index in [9.17, 15) is 14.4 Å². The topological polar surface area (TPSA) is 94.2 Å². The predicted octanol–water partition coefficient (Wildman–Crippen LogP) is 3.34. The van der Waals surface area contributed by atoms with Crippen molar-refractivity contribution in [2.45, 2.75) is 98.7 Å². The lowest BCUT2D eigenvalue weighted by Gasteiger charge is -2.39. The molecule has 32 heavy (non-hydrogen) atoms. The third kappa shape index (κ3) is 5.19. The number of methoxy groups -OCH3 is 1. The molecule has 1 fully saturated rings. The van der Waals surface area contributed by atoms with E-state index >= 15 is 0 Å². The highest BCUT2D eigenvalue weighted by Gasteiger charge is 2.53. The number of amides is 2. The number of aromatic nitrogens is 1. The predicted molar refractivity (Wildman–Crippen MR) is 120 cm³/mol. The zero-order valence-electron chi connectivity index (χ0n) is 21.4. The lowest BCUT2D eigenvalue weighted by molar-refractivity contribution is -0.129. The molecule has 2 atom stereocenters. The first kappa shape index (κ1) is 26.0. The monoisotopic (exact) mass is 453 g/mol. The Balaban J connectivity index is 2.61. The molecule has 0 unspecified atom stereocenters. The largest absolute Gasteiger partial charge is 0.444 e. The number of rotatable bonds is 4. The second-order valence-electron chi connectivity index (χ2n) is 11.5. The van der Waals surface area contributed by atoms with Crippen LogP contribution in [0.3, 0.4) is 0 Å². The highest BCUT2D eigenvalue weighted by molar-refractivity contribution is 5.89. The van der Waals surface area contributed by atoms with Crippen molar-refractivity contribution >= 4 is 12.0 Å². The first-order valence-electron chi connectivity index (χ1n) is 10.9. The summed E-state index contributed by atoms with van der Waals surface area (Å²) in [4.78, 5) is 42.8. The van der Waals surface area contributed by atoms with E-state index in [2.05, 4.69) is 0 Å². The number of hydrogen-bond acceptors (Lipinski definition) is 6. The summed E-state index contributed by atoms with van der Waals surface area (Å²) in [5.74, 6) is 0.230. The molecule has 0 aromatic carbocycles. The summed E-state index contributed by atoms with van der Waals surface area (Å²) in [7, 11) is 3.15. The SMILES string of the molecule is COCn1oc(C(C)(C)C)c(C[C@H]2C(=O)N(C)[C@H](C(C)(C)C)N2C(=O)OC(C)(C)C)c1=O. The zero-order chi connectivity index (χ0) is 24.8. The van der Waals surface area contributed by atoms with E-state index in [1.165, 1.54) is 12.0 Å². The molecule has 9 heteroatoms. The van der Waals surface area contributed by atoms with Crippen LogP contribution in [0.5, 0.6) is 0 Å². The normalized spacial score (nSPS) is 20.3. The van der Waals surface area contributed by atoms with Crippen LogP contribution in [0.4, 0.5) is 4.79 Å². The quantitative estimate of drug-likeness (QED) is 0.694. The van der Waals surface area contributed by atoms with Crippen LogP contribution in [0.15, 0.2) is 9.32 Å². The Morgan fingerprint density at radius 2 is 1.59 bits per heavy atom. The van der Waals surface area contributed by atoms with Gasteiger partial charge in [0, 0.05) is 31.4 Å². The van der Waals surface area contributed by atoms with Crippen LogP contribution >= 0.6 is 0 Å². The Morgan fingerprint density at radius 3 is 2.03 bits per heavy atom. The maximum atomic E-state index is 13.4. The molecule has 1 aromatic heterocycles. The van der Waals surface area contributed by atoms with Crippen molar-refractivity contribution < 1.29 is 23.6 Å². The second-order valence-corrected chi connectivity index (χ2v) is 11.5. The van der Waals surface area contributed by atoms with E-state index < -0.39 is 34.7 Å². The highest BCUT2D eigenvalue weighted by atomic mass is 16.6. The molecule has 2 heterocycles. The Kier molecular flexibility index (Phi) is 6.96. The Hall–Kier alpha value is -2.29. The van der Waals surface area contributed by atoms with E-state index in [0.717, 1.165) is 4.74 Å². The lowest BCUT2D eigenvalue weighted by atomic mass is 9.88. The minimum atomic E-state index is -0.888. The van der Waals surface area contributed by atoms with Gasteiger partial charge in [-0.1, -0.05) is 41.5 Å². The van der Waals surface area contributed by atoms with Gasteiger partial charge in [-0.15, -0.1) is 4.74 Å². The van der Waals surface area contributed by atoms with Gasteiger partial charge in [-0.2, -0.15) is 0 Å². The van der Waals surface area contributed by atoms with Crippen LogP contribution in [-0.4, -0.2) is 58.5 Å². The van der Waals surface area contributed by atoms with Crippen LogP contribution in [0, 0.1) is 5.41 Å². The Labute approximate surface area is 190 Å². The summed E-state index contributed by atoms with van der Waals surface area (Å²) in [5, 5.41) is 0. The molecule has 0 spiro atoms. The van der Waals surface area contributed by atoms with Gasteiger partial charge in [0.25, 0.3) is 5.56 Å². The molecular formula is C23H39N3O6. The summed E-state index contributed by atoms with van der Waals surface area (Å²) < 4.78 is 17.7. The van der Waals surface area contributed by atoms with Crippen molar-refractivity contribution in [2.24, 2.45) is 5.41 Å². The van der Waals surface area contributed by atoms with Crippen LogP contribution in [0.1, 0.15) is 73.6 Å². The minimum Gasteiger partial charge on any atom is -0.444 e. The fraction of sp³-hybridized carbons (Fsp3) is 0.783. The summed E-state index contributed by atoms with van der Waals surface area (Å²) in [6, 6.07) is -0.888. The van der Waals surface area contributed by atoms with E-state index in [0.29, 0.717) is 11.3 Å². The lowest BCUT2D eigenvalue weighted by Crippen LogP contribution is -2.52. The summed E-state index contributed by atoms with van der Waals surface area (Å²) in [6.45, 7) is 17.0. The molecule has 0 saturated carbocycles. The molecule has 1 saturated heterocycles. The van der Waals surface area contributed by atoms with Gasteiger partial charge in [-0.3, -0.25) is 14.5 Å². The van der Waals surface area contributed by atoms with Crippen LogP contribution < -0.4 is 5.56 Å². The second kappa shape index (κ2) is 8.57. The molecule has 2 amide bonds. The van der Waals surface area contributed by atoms with Crippen molar-refractivity contribution in [3.8, 4) is 0 Å². The van der Waals surface area contributed by atoms with Gasteiger partial charge in [0.05, 0.1) is 5.56 Å². The van der Waals surface area contributed by atoms with E-state index in [4.69, 9.17) is 14.0 Å². The number of likely N-dealkylation sites (N-methyl/N-ethyl adjacent to an activating group) is 1. The maximum absolute atomic E-state index is 13.4. The van der Waals surface area contributed by atoms with E-state index in [1.807, 2.05) is 41.5 Å². The fourth-order valence-corrected chi connectivity index (χ4v) is 4.18. The maximum Gasteiger partial charge on any atom is 0.412 e. The molecule has 0 radical (unpaired) electrons. The third-order valence-electron chi connectivity index (χ3n) is 5.26. The zero-order valence-corrected chi connectivity index (χ0v) is 21.4. The Morgan fingerprint density at radius 1 is 1.03 bits per heavy atom. The molecule has 1 aromatic rings. The van der Waals surface area contributed by atoms with Gasteiger partial charge in [-0.05, 0) is 20.8 Å². The first-order valence-corrected chi connectivity index (χ1v) is 10.9. The smallest absolute Gasteiger partial charge is 0.412 e. The number of carbonyl (C=O) groups is 2. The first-order chi connectivity index (χ1) is 14.4. The number of carbonyl (C=O) groups excluding carboxylic acids is 2. The van der Waals surface area contributed by atoms with Crippen LogP contribution in [0.2, 0.25) is 0 Å². The highest BCUT2D eigenvalue weighted by Crippen LogP contribution is 2.37. The van der Waals surface area contributed by atoms with E-state index in [-0.39, 0.29) is 24.6 Å². The van der Waals surface area contributed by atoms with Gasteiger partial charge < -0.3 is 18.9 Å². The van der Waals surface area contributed by atoms with Gasteiger partial charge in [0.1, 0.15) is 23.6 Å². The van der Waals surface area contributed by atoms with Crippen molar-refractivity contribution in [3.05, 3.63) is 21.7 Å². The summed E-state index contributed by atoms with van der Waals surface area (Å²) in [5.41, 5.74) is -1.65. The average Bonchev–Trinajstić information content (AvgIpc) is 3.03. The molecule has 1 aliphatic heterocycles. The van der Waals surface area contributed by atoms with E-state index in [1.54, 1.807) is 32.7 Å². The minimum absolute atomic E-state index is 0.0284. The molecule has 0 aliphatic carbocycles. The fourth-order valence-electron chi connectivity index (χ4n) is 4.18. The van der Waals surface area contributed by atoms with Gasteiger partial charge in [0.2, 0.25) is 5.91 Å². The average molecular weight is 454 g/mol. The third-order valence-corrected chi connectivity index (χ3v) is 5.26. The molecule has 0 N–H and O–H groups in total. The van der Waals surface area contributed by atoms with Crippen molar-refractivity contribution in [3.63, 3.8) is 0 Å². The molecular weight excluding hydrogens is 414 g/mol. The van der Waals surface area contributed by atoms with Crippen molar-refractivity contribution in [2.75, 3.05) is 14.2 Å². The number of ether oxygens (including phenoxy) is 2. The van der Waals surface area contributed by atoms with Crippen LogP contribution in [0.25, 0.3) is 0 Å². The standard InChI is InChI=1S/C23H39N3O6/c1-21(2,3)16-14(17(27)25(32-16)13-30-11)12-15-18(28)24(10)19(22(4,5)6)26(15)20(29)31-23(7,8)9/h15,19H,12-13H2,1-11H3/t15-,19-/m0/s1. The van der Waals surface area contributed by atoms with Crippen LogP contribution in [-0.2, 0) is 32.8 Å². The molecule has 2 rings (SSSR count). The van der Waals surface area contributed by atoms with Gasteiger partial charge in [-0.25, -0.2) is 4.79 Å². The molecule has 9 nitrogen and oxygen atoms in total. The van der Waals surface area contributed by atoms with Crippen molar-refractivity contribution in [1.29, 1.82) is 0 Å². The van der Waals surface area contributed by atoms with Gasteiger partial charge in [0.15, 0.2) is 6.73 Å². The number of nitrogens with zero attached hydrogens (tertiary/aromatic N) is 3. The van der Waals surface area contributed by atoms with Gasteiger partial charge >= 0.3 is 6.09 Å². The Bertz CT molecular complexity index is 910. The van der Waals surface area contributed by atoms with Crippen molar-refractivity contribution in [1.82, 2.24) is 14.5 Å². The molecule has 182 valence electrons. The molecule has 1 aliphatic rings. The summed E-state index contributed by atoms with van der Waals surface area (Å²) in [6.07, 6.45) is -1.08. The number of hydrogen-bond donors (Lipinski definition) is 0.